The Morgan fingerprint density at radius 1 is 1.47 bits per heavy atom. The number of hydrogen-bond acceptors (Lipinski definition) is 6. The quantitative estimate of drug-likeness (QED) is 0.845. The molecule has 1 amide bonds. The van der Waals surface area contributed by atoms with Gasteiger partial charge in [-0.25, -0.2) is 9.48 Å². The molecule has 1 aliphatic rings. The second-order valence-electron chi connectivity index (χ2n) is 4.26. The Morgan fingerprint density at radius 2 is 2.37 bits per heavy atom. The van der Waals surface area contributed by atoms with Gasteiger partial charge in [0.1, 0.15) is 17.9 Å². The third-order valence-electron chi connectivity index (χ3n) is 2.93. The van der Waals surface area contributed by atoms with Crippen LogP contribution in [-0.4, -0.2) is 30.5 Å². The molecule has 2 aromatic rings. The zero-order valence-electron chi connectivity index (χ0n) is 10.1. The van der Waals surface area contributed by atoms with Crippen molar-refractivity contribution >= 4 is 22.4 Å². The van der Waals surface area contributed by atoms with Crippen molar-refractivity contribution in [3.63, 3.8) is 0 Å². The Hall–Kier alpha value is -2.03. The van der Waals surface area contributed by atoms with Crippen LogP contribution < -0.4 is 11.0 Å². The number of amides is 1. The van der Waals surface area contributed by atoms with Crippen molar-refractivity contribution in [1.82, 2.24) is 24.5 Å². The van der Waals surface area contributed by atoms with Gasteiger partial charge in [0.15, 0.2) is 0 Å². The topological polar surface area (TPSA) is 94.7 Å². The number of aryl methyl sites for hydroxylation is 1. The maximum atomic E-state index is 12.0. The molecule has 0 unspecified atom stereocenters. The molecule has 8 nitrogen and oxygen atoms in total. The van der Waals surface area contributed by atoms with Gasteiger partial charge in [-0.2, -0.15) is 5.10 Å². The van der Waals surface area contributed by atoms with Crippen LogP contribution in [0, 0.1) is 0 Å². The lowest BCUT2D eigenvalue weighted by atomic mass is 10.2. The van der Waals surface area contributed by atoms with Gasteiger partial charge in [-0.3, -0.25) is 14.7 Å². The molecular formula is C10H12N6O2S. The number of nitrogens with zero attached hydrogens (tertiary/aromatic N) is 5. The van der Waals surface area contributed by atoms with E-state index in [4.69, 9.17) is 0 Å². The number of rotatable bonds is 3. The molecule has 2 aromatic heterocycles. The Bertz CT molecular complexity index is 644. The fourth-order valence-electron chi connectivity index (χ4n) is 2.07. The lowest BCUT2D eigenvalue weighted by Gasteiger charge is -2.09. The summed E-state index contributed by atoms with van der Waals surface area (Å²) in [6.45, 7) is 0.588. The van der Waals surface area contributed by atoms with Gasteiger partial charge < -0.3 is 0 Å². The molecule has 1 N–H and O–H groups in total. The predicted molar refractivity (Wildman–Crippen MR) is 68.0 cm³/mol. The minimum Gasteiger partial charge on any atom is -0.299 e. The molecule has 1 aliphatic heterocycles. The van der Waals surface area contributed by atoms with Gasteiger partial charge >= 0.3 is 5.69 Å². The minimum absolute atomic E-state index is 0.0988. The first-order valence-electron chi connectivity index (χ1n) is 5.96. The number of hydrogen-bond donors (Lipinski definition) is 1. The summed E-state index contributed by atoms with van der Waals surface area (Å²) >= 11 is 1.23. The van der Waals surface area contributed by atoms with Gasteiger partial charge in [0.25, 0.3) is 0 Å². The standard InChI is InChI=1S/C10H12N6O2S/c17-8(12-9-13-11-6-19-9)5-16-10(18)15-4-2-1-3-7(15)14-16/h6H,1-5H2,(H,12,13,17). The summed E-state index contributed by atoms with van der Waals surface area (Å²) in [7, 11) is 0. The molecule has 0 fully saturated rings. The summed E-state index contributed by atoms with van der Waals surface area (Å²) in [5.74, 6) is 0.439. The molecule has 0 atom stereocenters. The average Bonchev–Trinajstić information content (AvgIpc) is 3.00. The van der Waals surface area contributed by atoms with Crippen LogP contribution in [0.15, 0.2) is 10.3 Å². The van der Waals surface area contributed by atoms with Gasteiger partial charge in [0.2, 0.25) is 11.0 Å². The lowest BCUT2D eigenvalue weighted by molar-refractivity contribution is -0.117. The fraction of sp³-hybridized carbons (Fsp3) is 0.500. The molecule has 19 heavy (non-hydrogen) atoms. The SMILES string of the molecule is O=C(Cn1nc2n(c1=O)CCCC2)Nc1nncs1. The Kier molecular flexibility index (Phi) is 3.11. The number of nitrogens with one attached hydrogen (secondary N) is 1. The van der Waals surface area contributed by atoms with Crippen LogP contribution in [-0.2, 0) is 24.3 Å². The molecule has 3 rings (SSSR count). The van der Waals surface area contributed by atoms with Crippen molar-refractivity contribution < 1.29 is 4.79 Å². The van der Waals surface area contributed by atoms with E-state index in [9.17, 15) is 9.59 Å². The Morgan fingerprint density at radius 3 is 3.11 bits per heavy atom. The van der Waals surface area contributed by atoms with Crippen molar-refractivity contribution in [1.29, 1.82) is 0 Å². The number of carbonyl (C=O) groups is 1. The van der Waals surface area contributed by atoms with Crippen LogP contribution in [0.2, 0.25) is 0 Å². The van der Waals surface area contributed by atoms with Crippen LogP contribution in [0.1, 0.15) is 18.7 Å². The second-order valence-corrected chi connectivity index (χ2v) is 5.09. The molecule has 0 aromatic carbocycles. The third kappa shape index (κ3) is 2.41. The first kappa shape index (κ1) is 12.0. The molecule has 3 heterocycles. The highest BCUT2D eigenvalue weighted by Gasteiger charge is 2.18. The van der Waals surface area contributed by atoms with Crippen LogP contribution >= 0.6 is 11.3 Å². The summed E-state index contributed by atoms with van der Waals surface area (Å²) in [5, 5.41) is 14.5. The minimum atomic E-state index is -0.325. The zero-order valence-corrected chi connectivity index (χ0v) is 10.9. The van der Waals surface area contributed by atoms with Crippen molar-refractivity contribution in [2.75, 3.05) is 5.32 Å². The fourth-order valence-corrected chi connectivity index (χ4v) is 2.54. The van der Waals surface area contributed by atoms with Gasteiger partial charge in [-0.05, 0) is 12.8 Å². The summed E-state index contributed by atoms with van der Waals surface area (Å²) < 4.78 is 2.85. The van der Waals surface area contributed by atoms with Crippen LogP contribution in [0.5, 0.6) is 0 Å². The van der Waals surface area contributed by atoms with Crippen molar-refractivity contribution in [3.8, 4) is 0 Å². The van der Waals surface area contributed by atoms with E-state index in [1.54, 1.807) is 4.57 Å². The number of fused-ring (bicyclic) bond motifs is 1. The average molecular weight is 280 g/mol. The summed E-state index contributed by atoms with van der Waals surface area (Å²) in [4.78, 5) is 23.8. The largest absolute Gasteiger partial charge is 0.346 e. The van der Waals surface area contributed by atoms with Crippen molar-refractivity contribution in [2.24, 2.45) is 0 Å². The van der Waals surface area contributed by atoms with Crippen LogP contribution in [0.25, 0.3) is 0 Å². The Labute approximate surface area is 112 Å². The summed E-state index contributed by atoms with van der Waals surface area (Å²) in [6.07, 6.45) is 2.81. The molecule has 9 heteroatoms. The van der Waals surface area contributed by atoms with E-state index in [0.29, 0.717) is 11.7 Å². The normalized spacial score (nSPS) is 14.1. The van der Waals surface area contributed by atoms with E-state index >= 15 is 0 Å². The maximum Gasteiger partial charge on any atom is 0.346 e. The van der Waals surface area contributed by atoms with Crippen molar-refractivity contribution in [2.45, 2.75) is 32.4 Å². The first-order chi connectivity index (χ1) is 9.24. The van der Waals surface area contributed by atoms with Gasteiger partial charge in [-0.15, -0.1) is 10.2 Å². The zero-order chi connectivity index (χ0) is 13.2. The van der Waals surface area contributed by atoms with E-state index in [1.165, 1.54) is 21.5 Å². The monoisotopic (exact) mass is 280 g/mol. The van der Waals surface area contributed by atoms with E-state index in [2.05, 4.69) is 20.6 Å². The Balaban J connectivity index is 1.75. The van der Waals surface area contributed by atoms with E-state index in [0.717, 1.165) is 25.1 Å². The number of carbonyl (C=O) groups excluding carboxylic acids is 1. The first-order valence-corrected chi connectivity index (χ1v) is 6.84. The van der Waals surface area contributed by atoms with Gasteiger partial charge in [-0.1, -0.05) is 11.3 Å². The molecular weight excluding hydrogens is 268 g/mol. The smallest absolute Gasteiger partial charge is 0.299 e. The van der Waals surface area contributed by atoms with E-state index in [-0.39, 0.29) is 18.1 Å². The predicted octanol–water partition coefficient (Wildman–Crippen LogP) is -0.129. The van der Waals surface area contributed by atoms with Crippen LogP contribution in [0.3, 0.4) is 0 Å². The molecule has 0 bridgehead atoms. The highest BCUT2D eigenvalue weighted by molar-refractivity contribution is 7.13. The second kappa shape index (κ2) is 4.92. The molecule has 100 valence electrons. The van der Waals surface area contributed by atoms with Crippen LogP contribution in [0.4, 0.5) is 5.13 Å². The summed E-state index contributed by atoms with van der Waals surface area (Å²) in [5.41, 5.74) is 1.30. The van der Waals surface area contributed by atoms with Gasteiger partial charge in [0.05, 0.1) is 0 Å². The van der Waals surface area contributed by atoms with E-state index < -0.39 is 0 Å². The van der Waals surface area contributed by atoms with Gasteiger partial charge in [0, 0.05) is 13.0 Å². The number of aromatic nitrogens is 5. The molecule has 0 radical (unpaired) electrons. The third-order valence-corrected chi connectivity index (χ3v) is 3.54. The molecule has 0 saturated heterocycles. The molecule has 0 spiro atoms. The molecule has 0 saturated carbocycles. The van der Waals surface area contributed by atoms with Crippen molar-refractivity contribution in [3.05, 3.63) is 21.8 Å². The highest BCUT2D eigenvalue weighted by atomic mass is 32.1. The summed E-state index contributed by atoms with van der Waals surface area (Å²) in [6, 6.07) is 0. The number of anilines is 1. The molecule has 0 aliphatic carbocycles. The van der Waals surface area contributed by atoms with E-state index in [1.807, 2.05) is 0 Å². The maximum absolute atomic E-state index is 12.0. The lowest BCUT2D eigenvalue weighted by Crippen LogP contribution is -2.30. The highest BCUT2D eigenvalue weighted by Crippen LogP contribution is 2.10.